The van der Waals surface area contributed by atoms with Crippen LogP contribution in [0.4, 0.5) is 4.39 Å². The summed E-state index contributed by atoms with van der Waals surface area (Å²) in [5, 5.41) is 1.62. The van der Waals surface area contributed by atoms with Crippen molar-refractivity contribution in [3.05, 3.63) is 60.2 Å². The van der Waals surface area contributed by atoms with Crippen molar-refractivity contribution in [2.45, 2.75) is 13.1 Å². The highest BCUT2D eigenvalue weighted by Crippen LogP contribution is 2.23. The van der Waals surface area contributed by atoms with Crippen molar-refractivity contribution in [2.24, 2.45) is 12.0 Å². The molecule has 2 aliphatic heterocycles. The molecule has 0 fully saturated rings. The number of hydrogen-bond donors (Lipinski definition) is 1. The van der Waals surface area contributed by atoms with Gasteiger partial charge in [0.2, 0.25) is 0 Å². The molecule has 1 unspecified atom stereocenters. The van der Waals surface area contributed by atoms with Crippen molar-refractivity contribution in [3.63, 3.8) is 0 Å². The minimum atomic E-state index is -0.627. The third kappa shape index (κ3) is 2.54. The summed E-state index contributed by atoms with van der Waals surface area (Å²) in [6, 6.07) is 3.80. The van der Waals surface area contributed by atoms with E-state index in [1.54, 1.807) is 23.4 Å². The number of nitrogens with one attached hydrogen (secondary N) is 1. The average molecular weight is 325 g/mol. The molecule has 24 heavy (non-hydrogen) atoms. The molecule has 2 aromatic heterocycles. The summed E-state index contributed by atoms with van der Waals surface area (Å²) in [6.45, 7) is 1.90. The third-order valence-corrected chi connectivity index (χ3v) is 3.81. The zero-order valence-corrected chi connectivity index (χ0v) is 13.3. The molecule has 0 bridgehead atoms. The van der Waals surface area contributed by atoms with Gasteiger partial charge in [-0.1, -0.05) is 0 Å². The maximum Gasteiger partial charge on any atom is 0.193 e. The van der Waals surface area contributed by atoms with Gasteiger partial charge in [0.05, 0.1) is 0 Å². The molecule has 1 atom stereocenters. The van der Waals surface area contributed by atoms with Crippen LogP contribution in [0, 0.1) is 6.92 Å². The normalized spacial score (nSPS) is 19.5. The number of nitrogens with zero attached hydrogens (tertiary/aromatic N) is 4. The van der Waals surface area contributed by atoms with Crippen LogP contribution in [0.3, 0.4) is 0 Å². The number of amidine groups is 1. The van der Waals surface area contributed by atoms with Gasteiger partial charge < -0.3 is 8.98 Å². The van der Waals surface area contributed by atoms with Crippen LogP contribution in [-0.2, 0) is 7.05 Å². The number of aliphatic imine (C=N–C) groups is 1. The molecule has 0 saturated heterocycles. The van der Waals surface area contributed by atoms with Gasteiger partial charge in [0, 0.05) is 19.4 Å². The first kappa shape index (κ1) is 14.5. The standard InChI is InChI=1S/C17H16FN5O/c1-11-5-6-14(24-11)13-10-22(2)16(19-13)8-7-15-20-17-12(18)4-3-9-23(17)21-15/h3-10,17H,1-2H3,(H,20,21)/b8-7-. The number of hydrogen-bond acceptors (Lipinski definition) is 5. The highest BCUT2D eigenvalue weighted by atomic mass is 19.1. The number of fused-ring (bicyclic) bond motifs is 1. The van der Waals surface area contributed by atoms with Gasteiger partial charge >= 0.3 is 0 Å². The van der Waals surface area contributed by atoms with Crippen molar-refractivity contribution >= 4 is 11.9 Å². The minimum absolute atomic E-state index is 0.291. The molecule has 0 radical (unpaired) electrons. The first-order chi connectivity index (χ1) is 11.6. The second kappa shape index (κ2) is 5.52. The Hall–Kier alpha value is -3.09. The maximum atomic E-state index is 13.7. The molecule has 0 saturated carbocycles. The van der Waals surface area contributed by atoms with E-state index < -0.39 is 6.17 Å². The molecule has 1 N–H and O–H groups in total. The van der Waals surface area contributed by atoms with Crippen molar-refractivity contribution in [1.82, 2.24) is 20.0 Å². The summed E-state index contributed by atoms with van der Waals surface area (Å²) in [5.74, 6) is 2.61. The molecule has 6 nitrogen and oxygen atoms in total. The van der Waals surface area contributed by atoms with Crippen LogP contribution in [0.5, 0.6) is 0 Å². The van der Waals surface area contributed by atoms with Crippen LogP contribution in [0.15, 0.2) is 58.0 Å². The maximum absolute atomic E-state index is 13.7. The van der Waals surface area contributed by atoms with E-state index in [-0.39, 0.29) is 5.83 Å². The summed E-state index contributed by atoms with van der Waals surface area (Å²) in [7, 11) is 1.91. The van der Waals surface area contributed by atoms with Gasteiger partial charge in [-0.3, -0.25) is 10.4 Å². The van der Waals surface area contributed by atoms with Crippen molar-refractivity contribution in [3.8, 4) is 11.5 Å². The van der Waals surface area contributed by atoms with E-state index in [0.717, 1.165) is 23.0 Å². The van der Waals surface area contributed by atoms with E-state index in [1.807, 2.05) is 42.9 Å². The molecule has 0 aliphatic carbocycles. The molecular weight excluding hydrogens is 309 g/mol. The first-order valence-electron chi connectivity index (χ1n) is 7.55. The Bertz CT molecular complexity index is 902. The molecule has 7 heteroatoms. The fourth-order valence-corrected chi connectivity index (χ4v) is 2.60. The predicted molar refractivity (Wildman–Crippen MR) is 89.2 cm³/mol. The van der Waals surface area contributed by atoms with E-state index in [4.69, 9.17) is 4.42 Å². The van der Waals surface area contributed by atoms with E-state index in [0.29, 0.717) is 5.84 Å². The molecular formula is C17H16FN5O. The van der Waals surface area contributed by atoms with Crippen molar-refractivity contribution < 1.29 is 8.81 Å². The Morgan fingerprint density at radius 3 is 2.96 bits per heavy atom. The van der Waals surface area contributed by atoms with E-state index in [9.17, 15) is 4.39 Å². The number of imidazole rings is 1. The lowest BCUT2D eigenvalue weighted by Crippen LogP contribution is -2.37. The second-order valence-electron chi connectivity index (χ2n) is 5.64. The molecule has 0 spiro atoms. The molecule has 0 amide bonds. The van der Waals surface area contributed by atoms with Crippen LogP contribution < -0.4 is 5.43 Å². The second-order valence-corrected chi connectivity index (χ2v) is 5.64. The smallest absolute Gasteiger partial charge is 0.193 e. The van der Waals surface area contributed by atoms with Gasteiger partial charge in [0.25, 0.3) is 0 Å². The summed E-state index contributed by atoms with van der Waals surface area (Å²) < 4.78 is 21.2. The SMILES string of the molecule is Cc1ccc(-c2cn(C)c(/C=C\C3=NC4C(F)=CC=CN4N3)n2)o1. The Morgan fingerprint density at radius 2 is 2.21 bits per heavy atom. The van der Waals surface area contributed by atoms with Crippen molar-refractivity contribution in [2.75, 3.05) is 0 Å². The Balaban J connectivity index is 1.55. The van der Waals surface area contributed by atoms with Gasteiger partial charge in [-0.15, -0.1) is 0 Å². The van der Waals surface area contributed by atoms with Crippen molar-refractivity contribution in [1.29, 1.82) is 0 Å². The summed E-state index contributed by atoms with van der Waals surface area (Å²) >= 11 is 0. The summed E-state index contributed by atoms with van der Waals surface area (Å²) in [5.41, 5.74) is 3.79. The number of aromatic nitrogens is 2. The predicted octanol–water partition coefficient (Wildman–Crippen LogP) is 2.93. The lowest BCUT2D eigenvalue weighted by molar-refractivity contribution is 0.270. The summed E-state index contributed by atoms with van der Waals surface area (Å²) in [6.07, 6.45) is 9.67. The average Bonchev–Trinajstić information content (AvgIpc) is 3.24. The number of rotatable bonds is 3. The number of aryl methyl sites for hydroxylation is 2. The van der Waals surface area contributed by atoms with Gasteiger partial charge in [0.1, 0.15) is 28.9 Å². The highest BCUT2D eigenvalue weighted by Gasteiger charge is 2.27. The fourth-order valence-electron chi connectivity index (χ4n) is 2.60. The molecule has 4 heterocycles. The lowest BCUT2D eigenvalue weighted by atomic mass is 10.3. The number of halogens is 1. The number of allylic oxidation sites excluding steroid dienone is 2. The van der Waals surface area contributed by atoms with Crippen LogP contribution >= 0.6 is 0 Å². The number of furan rings is 1. The van der Waals surface area contributed by atoms with Crippen LogP contribution in [0.2, 0.25) is 0 Å². The van der Waals surface area contributed by atoms with E-state index in [2.05, 4.69) is 15.4 Å². The molecule has 2 aliphatic rings. The lowest BCUT2D eigenvalue weighted by Gasteiger charge is -2.21. The zero-order valence-electron chi connectivity index (χ0n) is 13.3. The van der Waals surface area contributed by atoms with Crippen LogP contribution in [-0.4, -0.2) is 26.6 Å². The quantitative estimate of drug-likeness (QED) is 0.943. The largest absolute Gasteiger partial charge is 0.460 e. The number of hydrazine groups is 1. The monoisotopic (exact) mass is 325 g/mol. The fraction of sp³-hybridized carbons (Fsp3) is 0.176. The topological polar surface area (TPSA) is 58.6 Å². The van der Waals surface area contributed by atoms with Crippen LogP contribution in [0.25, 0.3) is 17.5 Å². The van der Waals surface area contributed by atoms with Gasteiger partial charge in [-0.25, -0.2) is 14.4 Å². The van der Waals surface area contributed by atoms with Gasteiger partial charge in [-0.2, -0.15) is 0 Å². The van der Waals surface area contributed by atoms with E-state index >= 15 is 0 Å². The molecule has 4 rings (SSSR count). The summed E-state index contributed by atoms with van der Waals surface area (Å²) in [4.78, 5) is 8.85. The Morgan fingerprint density at radius 1 is 1.33 bits per heavy atom. The molecule has 122 valence electrons. The van der Waals surface area contributed by atoms with Crippen LogP contribution in [0.1, 0.15) is 11.6 Å². The zero-order chi connectivity index (χ0) is 16.7. The van der Waals surface area contributed by atoms with Gasteiger partial charge in [-0.05, 0) is 43.4 Å². The minimum Gasteiger partial charge on any atom is -0.460 e. The molecule has 0 aromatic carbocycles. The third-order valence-electron chi connectivity index (χ3n) is 3.81. The molecule has 2 aromatic rings. The highest BCUT2D eigenvalue weighted by molar-refractivity contribution is 5.97. The van der Waals surface area contributed by atoms with Gasteiger partial charge in [0.15, 0.2) is 11.9 Å². The van der Waals surface area contributed by atoms with E-state index in [1.165, 1.54) is 6.08 Å². The Kier molecular flexibility index (Phi) is 3.34. The first-order valence-corrected chi connectivity index (χ1v) is 7.55. The Labute approximate surface area is 138 Å².